The molecule has 32 heavy (non-hydrogen) atoms. The van der Waals surface area contributed by atoms with E-state index in [9.17, 15) is 4.79 Å². The summed E-state index contributed by atoms with van der Waals surface area (Å²) in [5.41, 5.74) is 8.57. The first-order valence-corrected chi connectivity index (χ1v) is 11.3. The van der Waals surface area contributed by atoms with Crippen LogP contribution in [0.25, 0.3) is 11.0 Å². The number of carbonyl (C=O) groups excluding carboxylic acids is 1. The summed E-state index contributed by atoms with van der Waals surface area (Å²) in [6.45, 7) is 7.88. The minimum atomic E-state index is 0.0849. The van der Waals surface area contributed by atoms with E-state index in [-0.39, 0.29) is 5.91 Å². The standard InChI is InChI=1S/C28H31N3O/c1-20-17-21(2)24(22(3)18-20)19-31-26-12-8-7-11-25(26)30-27(31)15-16-29-28(32)14-13-23-9-5-4-6-10-23/h4-12,17-18H,13-16,19H2,1-3H3,(H,29,32). The third-order valence-corrected chi connectivity index (χ3v) is 6.04. The van der Waals surface area contributed by atoms with E-state index >= 15 is 0 Å². The molecule has 0 bridgehead atoms. The lowest BCUT2D eigenvalue weighted by Crippen LogP contribution is -2.26. The molecule has 0 atom stereocenters. The zero-order valence-electron chi connectivity index (χ0n) is 19.2. The number of nitrogens with one attached hydrogen (secondary N) is 1. The zero-order chi connectivity index (χ0) is 22.5. The maximum atomic E-state index is 12.3. The molecular weight excluding hydrogens is 394 g/mol. The summed E-state index contributed by atoms with van der Waals surface area (Å²) in [4.78, 5) is 17.2. The first-order valence-electron chi connectivity index (χ1n) is 11.3. The van der Waals surface area contributed by atoms with Gasteiger partial charge in [-0.3, -0.25) is 4.79 Å². The number of rotatable bonds is 8. The molecule has 0 saturated heterocycles. The van der Waals surface area contributed by atoms with Gasteiger partial charge in [-0.25, -0.2) is 4.98 Å². The minimum absolute atomic E-state index is 0.0849. The lowest BCUT2D eigenvalue weighted by atomic mass is 9.99. The van der Waals surface area contributed by atoms with Crippen molar-refractivity contribution >= 4 is 16.9 Å². The number of nitrogens with zero attached hydrogens (tertiary/aromatic N) is 2. The van der Waals surface area contributed by atoms with Crippen molar-refractivity contribution in [1.82, 2.24) is 14.9 Å². The van der Waals surface area contributed by atoms with Gasteiger partial charge in [0.25, 0.3) is 0 Å². The van der Waals surface area contributed by atoms with Gasteiger partial charge in [0.1, 0.15) is 5.82 Å². The topological polar surface area (TPSA) is 46.9 Å². The minimum Gasteiger partial charge on any atom is -0.356 e. The molecule has 1 aromatic heterocycles. The maximum Gasteiger partial charge on any atom is 0.220 e. The van der Waals surface area contributed by atoms with E-state index in [2.05, 4.69) is 73.1 Å². The highest BCUT2D eigenvalue weighted by atomic mass is 16.1. The van der Waals surface area contributed by atoms with Gasteiger partial charge >= 0.3 is 0 Å². The smallest absolute Gasteiger partial charge is 0.220 e. The van der Waals surface area contributed by atoms with Crippen molar-refractivity contribution in [3.63, 3.8) is 0 Å². The van der Waals surface area contributed by atoms with Crippen LogP contribution in [0.3, 0.4) is 0 Å². The highest BCUT2D eigenvalue weighted by Gasteiger charge is 2.14. The van der Waals surface area contributed by atoms with Crippen molar-refractivity contribution in [1.29, 1.82) is 0 Å². The van der Waals surface area contributed by atoms with Crippen LogP contribution < -0.4 is 5.32 Å². The summed E-state index contributed by atoms with van der Waals surface area (Å²) in [7, 11) is 0. The molecule has 4 rings (SSSR count). The van der Waals surface area contributed by atoms with Crippen molar-refractivity contribution < 1.29 is 4.79 Å². The molecule has 1 N–H and O–H groups in total. The third kappa shape index (κ3) is 5.08. The average Bonchev–Trinajstić information content (AvgIpc) is 3.12. The highest BCUT2D eigenvalue weighted by Crippen LogP contribution is 2.22. The Kier molecular flexibility index (Phi) is 6.69. The van der Waals surface area contributed by atoms with Gasteiger partial charge in [0.05, 0.1) is 11.0 Å². The molecule has 0 aliphatic heterocycles. The first-order chi connectivity index (χ1) is 15.5. The molecule has 3 aromatic carbocycles. The van der Waals surface area contributed by atoms with Crippen LogP contribution in [0, 0.1) is 20.8 Å². The van der Waals surface area contributed by atoms with Crippen molar-refractivity contribution in [2.24, 2.45) is 0 Å². The Labute approximate surface area is 190 Å². The van der Waals surface area contributed by atoms with Gasteiger partial charge in [0.2, 0.25) is 5.91 Å². The summed E-state index contributed by atoms with van der Waals surface area (Å²) >= 11 is 0. The summed E-state index contributed by atoms with van der Waals surface area (Å²) in [6.07, 6.45) is 1.97. The number of amides is 1. The lowest BCUT2D eigenvalue weighted by Gasteiger charge is -2.15. The number of aromatic nitrogens is 2. The van der Waals surface area contributed by atoms with E-state index in [1.165, 1.54) is 27.8 Å². The fraction of sp³-hybridized carbons (Fsp3) is 0.286. The normalized spacial score (nSPS) is 11.1. The van der Waals surface area contributed by atoms with Crippen LogP contribution in [-0.4, -0.2) is 22.0 Å². The number of para-hydroxylation sites is 2. The summed E-state index contributed by atoms with van der Waals surface area (Å²) < 4.78 is 2.30. The summed E-state index contributed by atoms with van der Waals surface area (Å²) in [6, 6.07) is 22.9. The van der Waals surface area contributed by atoms with Crippen molar-refractivity contribution in [3.8, 4) is 0 Å². The van der Waals surface area contributed by atoms with Crippen LogP contribution in [0.15, 0.2) is 66.7 Å². The molecule has 0 aliphatic rings. The molecule has 0 spiro atoms. The molecule has 0 saturated carbocycles. The number of carbonyl (C=O) groups is 1. The molecule has 4 heteroatoms. The Balaban J connectivity index is 1.46. The number of imidazole rings is 1. The zero-order valence-corrected chi connectivity index (χ0v) is 19.2. The second-order valence-corrected chi connectivity index (χ2v) is 8.57. The Hall–Kier alpha value is -3.40. The average molecular weight is 426 g/mol. The second-order valence-electron chi connectivity index (χ2n) is 8.57. The van der Waals surface area contributed by atoms with Crippen LogP contribution in [0.5, 0.6) is 0 Å². The SMILES string of the molecule is Cc1cc(C)c(Cn2c(CCNC(=O)CCc3ccccc3)nc3ccccc32)c(C)c1. The van der Waals surface area contributed by atoms with Gasteiger partial charge in [-0.15, -0.1) is 0 Å². The molecule has 0 fully saturated rings. The second kappa shape index (κ2) is 9.82. The summed E-state index contributed by atoms with van der Waals surface area (Å²) in [5, 5.41) is 3.07. The molecule has 0 radical (unpaired) electrons. The number of aryl methyl sites for hydroxylation is 4. The van der Waals surface area contributed by atoms with Crippen molar-refractivity contribution in [3.05, 3.63) is 100 Å². The van der Waals surface area contributed by atoms with Gasteiger partial charge in [-0.05, 0) is 61.6 Å². The van der Waals surface area contributed by atoms with Crippen LogP contribution in [0.4, 0.5) is 0 Å². The van der Waals surface area contributed by atoms with E-state index in [0.717, 1.165) is 29.8 Å². The number of hydrogen-bond donors (Lipinski definition) is 1. The summed E-state index contributed by atoms with van der Waals surface area (Å²) in [5.74, 6) is 1.09. The predicted molar refractivity (Wildman–Crippen MR) is 131 cm³/mol. The molecule has 0 aliphatic carbocycles. The lowest BCUT2D eigenvalue weighted by molar-refractivity contribution is -0.121. The van der Waals surface area contributed by atoms with E-state index in [1.807, 2.05) is 24.3 Å². The van der Waals surface area contributed by atoms with Crippen LogP contribution in [-0.2, 0) is 24.2 Å². The molecule has 4 nitrogen and oxygen atoms in total. The van der Waals surface area contributed by atoms with E-state index in [1.54, 1.807) is 0 Å². The number of fused-ring (bicyclic) bond motifs is 1. The first kappa shape index (κ1) is 21.8. The molecule has 4 aromatic rings. The molecular formula is C28H31N3O. The third-order valence-electron chi connectivity index (χ3n) is 6.04. The fourth-order valence-electron chi connectivity index (χ4n) is 4.41. The fourth-order valence-corrected chi connectivity index (χ4v) is 4.41. The molecule has 1 amide bonds. The van der Waals surface area contributed by atoms with Gasteiger partial charge in [0, 0.05) is 25.9 Å². The van der Waals surface area contributed by atoms with Gasteiger partial charge in [0.15, 0.2) is 0 Å². The Morgan fingerprint density at radius 1 is 0.906 bits per heavy atom. The Morgan fingerprint density at radius 2 is 1.59 bits per heavy atom. The van der Waals surface area contributed by atoms with Gasteiger partial charge < -0.3 is 9.88 Å². The monoisotopic (exact) mass is 425 g/mol. The van der Waals surface area contributed by atoms with Crippen LogP contribution in [0.2, 0.25) is 0 Å². The Morgan fingerprint density at radius 3 is 2.34 bits per heavy atom. The molecule has 1 heterocycles. The number of hydrogen-bond acceptors (Lipinski definition) is 2. The highest BCUT2D eigenvalue weighted by molar-refractivity contribution is 5.77. The molecule has 164 valence electrons. The van der Waals surface area contributed by atoms with Crippen molar-refractivity contribution in [2.45, 2.75) is 46.6 Å². The number of benzene rings is 3. The quantitative estimate of drug-likeness (QED) is 0.416. The van der Waals surface area contributed by atoms with Crippen LogP contribution >= 0.6 is 0 Å². The maximum absolute atomic E-state index is 12.3. The van der Waals surface area contributed by atoms with Gasteiger partial charge in [-0.1, -0.05) is 60.2 Å². The van der Waals surface area contributed by atoms with Crippen molar-refractivity contribution in [2.75, 3.05) is 6.54 Å². The Bertz CT molecular complexity index is 1200. The van der Waals surface area contributed by atoms with Crippen LogP contribution in [0.1, 0.15) is 40.1 Å². The van der Waals surface area contributed by atoms with E-state index in [0.29, 0.717) is 19.4 Å². The van der Waals surface area contributed by atoms with Gasteiger partial charge in [-0.2, -0.15) is 0 Å². The van der Waals surface area contributed by atoms with E-state index in [4.69, 9.17) is 4.98 Å². The largest absolute Gasteiger partial charge is 0.356 e. The predicted octanol–water partition coefficient (Wildman–Crippen LogP) is 5.30. The molecule has 0 unspecified atom stereocenters. The van der Waals surface area contributed by atoms with E-state index < -0.39 is 0 Å².